The van der Waals surface area contributed by atoms with Crippen molar-refractivity contribution in [2.24, 2.45) is 0 Å². The van der Waals surface area contributed by atoms with Crippen molar-refractivity contribution in [3.63, 3.8) is 0 Å². The second-order valence-corrected chi connectivity index (χ2v) is 7.68. The molecule has 0 radical (unpaired) electrons. The highest BCUT2D eigenvalue weighted by atomic mass is 79.9. The zero-order chi connectivity index (χ0) is 22.0. The quantitative estimate of drug-likeness (QED) is 0.393. The Kier molecular flexibility index (Phi) is 6.22. The average Bonchev–Trinajstić information content (AvgIpc) is 2.65. The average molecular weight is 540 g/mol. The normalized spacial score (nSPS) is 15.3. The number of nitrogens with one attached hydrogen (secondary N) is 1. The van der Waals surface area contributed by atoms with Crippen molar-refractivity contribution in [1.29, 1.82) is 0 Å². The van der Waals surface area contributed by atoms with Gasteiger partial charge < -0.3 is 14.9 Å². The standard InChI is InChI=1S/C19H12Br2N2O7/c20-13-6-9(7-14(21)16(13)30-8-15(25)26)5-12-17(27)22-19(29)23(18(12)28)10-1-3-11(24)4-2-10/h1-7,24H,8H2,(H,25,26)(H,22,27,29)/b12-5+. The van der Waals surface area contributed by atoms with Gasteiger partial charge in [0.2, 0.25) is 0 Å². The number of anilines is 1. The lowest BCUT2D eigenvalue weighted by Crippen LogP contribution is -2.54. The molecule has 2 aromatic carbocycles. The molecule has 3 rings (SSSR count). The molecule has 30 heavy (non-hydrogen) atoms. The van der Waals surface area contributed by atoms with E-state index in [4.69, 9.17) is 9.84 Å². The highest BCUT2D eigenvalue weighted by molar-refractivity contribution is 9.11. The van der Waals surface area contributed by atoms with Crippen LogP contribution in [0.1, 0.15) is 5.56 Å². The first-order valence-electron chi connectivity index (χ1n) is 8.21. The highest BCUT2D eigenvalue weighted by Gasteiger charge is 2.36. The van der Waals surface area contributed by atoms with Crippen LogP contribution < -0.4 is 15.0 Å². The number of rotatable bonds is 5. The highest BCUT2D eigenvalue weighted by Crippen LogP contribution is 2.35. The maximum absolute atomic E-state index is 12.9. The number of carboxylic acid groups (broad SMARTS) is 1. The largest absolute Gasteiger partial charge is 0.508 e. The zero-order valence-corrected chi connectivity index (χ0v) is 18.1. The maximum Gasteiger partial charge on any atom is 0.341 e. The van der Waals surface area contributed by atoms with Crippen LogP contribution in [0.15, 0.2) is 50.9 Å². The molecule has 0 spiro atoms. The molecule has 1 fully saturated rings. The molecule has 2 aromatic rings. The Labute approximate surface area is 186 Å². The number of aromatic hydroxyl groups is 1. The van der Waals surface area contributed by atoms with Crippen molar-refractivity contribution in [2.75, 3.05) is 11.5 Å². The van der Waals surface area contributed by atoms with Crippen molar-refractivity contribution in [1.82, 2.24) is 5.32 Å². The number of aliphatic carboxylic acids is 1. The summed E-state index contributed by atoms with van der Waals surface area (Å²) < 4.78 is 5.96. The fourth-order valence-electron chi connectivity index (χ4n) is 2.59. The van der Waals surface area contributed by atoms with Gasteiger partial charge in [-0.05, 0) is 79.9 Å². The van der Waals surface area contributed by atoms with E-state index in [-0.39, 0.29) is 22.8 Å². The maximum atomic E-state index is 12.9. The Balaban J connectivity index is 1.96. The van der Waals surface area contributed by atoms with E-state index in [1.54, 1.807) is 0 Å². The summed E-state index contributed by atoms with van der Waals surface area (Å²) >= 11 is 6.51. The number of hydrogen-bond acceptors (Lipinski definition) is 6. The van der Waals surface area contributed by atoms with Crippen molar-refractivity contribution in [3.05, 3.63) is 56.5 Å². The van der Waals surface area contributed by atoms with Crippen LogP contribution in [0.5, 0.6) is 11.5 Å². The smallest absolute Gasteiger partial charge is 0.341 e. The Morgan fingerprint density at radius 3 is 2.27 bits per heavy atom. The van der Waals surface area contributed by atoms with Gasteiger partial charge in [-0.1, -0.05) is 0 Å². The first-order chi connectivity index (χ1) is 14.2. The van der Waals surface area contributed by atoms with Gasteiger partial charge in [-0.2, -0.15) is 0 Å². The molecule has 1 saturated heterocycles. The Morgan fingerprint density at radius 1 is 1.10 bits per heavy atom. The molecule has 11 heteroatoms. The SMILES string of the molecule is O=C(O)COc1c(Br)cc(/C=C2\C(=O)NC(=O)N(c3ccc(O)cc3)C2=O)cc1Br. The third-order valence-corrected chi connectivity index (χ3v) is 5.06. The van der Waals surface area contributed by atoms with Gasteiger partial charge in [0.1, 0.15) is 17.1 Å². The van der Waals surface area contributed by atoms with E-state index in [2.05, 4.69) is 37.2 Å². The van der Waals surface area contributed by atoms with E-state index in [1.807, 2.05) is 0 Å². The second kappa shape index (κ2) is 8.67. The molecule has 0 aliphatic carbocycles. The molecule has 1 aliphatic rings. The van der Waals surface area contributed by atoms with Crippen molar-refractivity contribution in [2.45, 2.75) is 0 Å². The van der Waals surface area contributed by atoms with Gasteiger partial charge in [-0.3, -0.25) is 14.9 Å². The fourth-order valence-corrected chi connectivity index (χ4v) is 4.05. The summed E-state index contributed by atoms with van der Waals surface area (Å²) in [5, 5.41) is 20.2. The van der Waals surface area contributed by atoms with Gasteiger partial charge in [0.25, 0.3) is 11.8 Å². The second-order valence-electron chi connectivity index (χ2n) is 5.97. The van der Waals surface area contributed by atoms with Crippen LogP contribution in [-0.4, -0.2) is 40.6 Å². The first-order valence-corrected chi connectivity index (χ1v) is 9.80. The predicted molar refractivity (Wildman–Crippen MR) is 112 cm³/mol. The molecule has 0 atom stereocenters. The van der Waals surface area contributed by atoms with E-state index in [9.17, 15) is 24.3 Å². The molecule has 0 saturated carbocycles. The summed E-state index contributed by atoms with van der Waals surface area (Å²) in [6, 6.07) is 7.48. The topological polar surface area (TPSA) is 133 Å². The number of halogens is 2. The van der Waals surface area contributed by atoms with Gasteiger partial charge >= 0.3 is 12.0 Å². The number of phenolic OH excluding ortho intramolecular Hbond substituents is 1. The zero-order valence-electron chi connectivity index (χ0n) is 14.9. The lowest BCUT2D eigenvalue weighted by Gasteiger charge is -2.26. The summed E-state index contributed by atoms with van der Waals surface area (Å²) in [6.45, 7) is -0.553. The van der Waals surface area contributed by atoms with Crippen LogP contribution in [0.2, 0.25) is 0 Å². The van der Waals surface area contributed by atoms with Crippen molar-refractivity contribution >= 4 is 67.4 Å². The number of barbiturate groups is 1. The van der Waals surface area contributed by atoms with Gasteiger partial charge in [-0.25, -0.2) is 14.5 Å². The number of hydrogen-bond donors (Lipinski definition) is 3. The number of carbonyl (C=O) groups excluding carboxylic acids is 3. The molecule has 0 bridgehead atoms. The molecular weight excluding hydrogens is 528 g/mol. The number of nitrogens with zero attached hydrogens (tertiary/aromatic N) is 1. The number of phenols is 1. The van der Waals surface area contributed by atoms with E-state index < -0.39 is 30.4 Å². The van der Waals surface area contributed by atoms with Crippen molar-refractivity contribution < 1.29 is 34.1 Å². The summed E-state index contributed by atoms with van der Waals surface area (Å²) in [7, 11) is 0. The third-order valence-electron chi connectivity index (χ3n) is 3.88. The Morgan fingerprint density at radius 2 is 1.70 bits per heavy atom. The van der Waals surface area contributed by atoms with Crippen molar-refractivity contribution in [3.8, 4) is 11.5 Å². The van der Waals surface area contributed by atoms with Crippen LogP contribution in [0.3, 0.4) is 0 Å². The van der Waals surface area contributed by atoms with Gasteiger partial charge in [0.15, 0.2) is 6.61 Å². The van der Waals surface area contributed by atoms with Crippen LogP contribution >= 0.6 is 31.9 Å². The summed E-state index contributed by atoms with van der Waals surface area (Å²) in [6.07, 6.45) is 1.29. The monoisotopic (exact) mass is 538 g/mol. The van der Waals surface area contributed by atoms with E-state index in [1.165, 1.54) is 42.5 Å². The van der Waals surface area contributed by atoms with Crippen LogP contribution in [0.4, 0.5) is 10.5 Å². The third kappa shape index (κ3) is 4.52. The van der Waals surface area contributed by atoms with Crippen LogP contribution in [0, 0.1) is 0 Å². The van der Waals surface area contributed by atoms with Gasteiger partial charge in [0.05, 0.1) is 14.6 Å². The molecule has 154 valence electrons. The molecule has 9 nitrogen and oxygen atoms in total. The number of ether oxygens (including phenoxy) is 1. The van der Waals surface area contributed by atoms with E-state index >= 15 is 0 Å². The van der Waals surface area contributed by atoms with Gasteiger partial charge in [0, 0.05) is 0 Å². The van der Waals surface area contributed by atoms with Crippen LogP contribution in [-0.2, 0) is 14.4 Å². The summed E-state index contributed by atoms with van der Waals surface area (Å²) in [5.41, 5.74) is 0.295. The molecule has 0 aromatic heterocycles. The number of amides is 4. The molecule has 1 heterocycles. The number of carboxylic acids is 1. The Hall–Kier alpha value is -3.18. The molecule has 3 N–H and O–H groups in total. The minimum atomic E-state index is -1.15. The molecule has 4 amide bonds. The summed E-state index contributed by atoms with van der Waals surface area (Å²) in [4.78, 5) is 48.8. The predicted octanol–water partition coefficient (Wildman–Crippen LogP) is 3.05. The number of imide groups is 2. The van der Waals surface area contributed by atoms with E-state index in [0.717, 1.165) is 4.90 Å². The van der Waals surface area contributed by atoms with Gasteiger partial charge in [-0.15, -0.1) is 0 Å². The lowest BCUT2D eigenvalue weighted by atomic mass is 10.1. The molecular formula is C19H12Br2N2O7. The number of carbonyl (C=O) groups is 4. The molecule has 0 unspecified atom stereocenters. The summed E-state index contributed by atoms with van der Waals surface area (Å²) in [5.74, 6) is -2.66. The number of benzene rings is 2. The Bertz CT molecular complexity index is 1070. The minimum absolute atomic E-state index is 0.0460. The minimum Gasteiger partial charge on any atom is -0.508 e. The van der Waals surface area contributed by atoms with E-state index in [0.29, 0.717) is 14.5 Å². The first kappa shape index (κ1) is 21.5. The lowest BCUT2D eigenvalue weighted by molar-refractivity contribution is -0.139. The molecule has 1 aliphatic heterocycles. The van der Waals surface area contributed by atoms with Crippen LogP contribution in [0.25, 0.3) is 6.08 Å². The number of urea groups is 1. The fraction of sp³-hybridized carbons (Fsp3) is 0.0526.